The second-order valence-corrected chi connectivity index (χ2v) is 10.0. The number of hydrogen-bond acceptors (Lipinski definition) is 3. The van der Waals surface area contributed by atoms with Gasteiger partial charge in [0, 0.05) is 10.0 Å². The first kappa shape index (κ1) is 20.2. The van der Waals surface area contributed by atoms with E-state index in [-0.39, 0.29) is 10.9 Å². The van der Waals surface area contributed by atoms with Crippen molar-refractivity contribution in [2.24, 2.45) is 0 Å². The summed E-state index contributed by atoms with van der Waals surface area (Å²) in [6, 6.07) is 12.8. The molecule has 27 heavy (non-hydrogen) atoms. The van der Waals surface area contributed by atoms with Crippen LogP contribution in [-0.2, 0) is 14.6 Å². The Hall–Kier alpha value is -1.56. The summed E-state index contributed by atoms with van der Waals surface area (Å²) in [4.78, 5) is 13.3. The van der Waals surface area contributed by atoms with Crippen molar-refractivity contribution in [1.29, 1.82) is 0 Å². The van der Waals surface area contributed by atoms with E-state index in [1.807, 2.05) is 19.1 Å². The average molecular weight is 426 g/mol. The fourth-order valence-corrected chi connectivity index (χ4v) is 5.89. The quantitative estimate of drug-likeness (QED) is 0.735. The van der Waals surface area contributed by atoms with Gasteiger partial charge in [-0.2, -0.15) is 0 Å². The lowest BCUT2D eigenvalue weighted by Crippen LogP contribution is -2.51. The number of sulfone groups is 1. The van der Waals surface area contributed by atoms with Crippen LogP contribution >= 0.6 is 23.2 Å². The summed E-state index contributed by atoms with van der Waals surface area (Å²) < 4.78 is 25.3. The molecule has 144 valence electrons. The summed E-state index contributed by atoms with van der Waals surface area (Å²) in [5, 5.41) is 3.96. The largest absolute Gasteiger partial charge is 0.348 e. The van der Waals surface area contributed by atoms with Gasteiger partial charge in [-0.25, -0.2) is 8.42 Å². The molecule has 7 heteroatoms. The minimum Gasteiger partial charge on any atom is -0.348 e. The van der Waals surface area contributed by atoms with Crippen molar-refractivity contribution in [2.75, 3.05) is 0 Å². The zero-order valence-corrected chi connectivity index (χ0v) is 17.2. The minimum atomic E-state index is -3.84. The molecular formula is C20H21Cl2NO3S. The SMILES string of the molecule is CC(NC(=O)C1(S(=O)(=O)c2ccc(Cl)cc2)CCCC1)c1ccc(Cl)cc1. The molecule has 1 fully saturated rings. The van der Waals surface area contributed by atoms with Crippen LogP contribution in [0.1, 0.15) is 44.2 Å². The zero-order chi connectivity index (χ0) is 19.7. The molecule has 2 aromatic carbocycles. The Balaban J connectivity index is 1.90. The van der Waals surface area contributed by atoms with Crippen LogP contribution in [0.2, 0.25) is 10.0 Å². The summed E-state index contributed by atoms with van der Waals surface area (Å²) in [6.45, 7) is 1.83. The van der Waals surface area contributed by atoms with Gasteiger partial charge in [0.1, 0.15) is 0 Å². The van der Waals surface area contributed by atoms with Crippen LogP contribution in [-0.4, -0.2) is 19.1 Å². The number of nitrogens with one attached hydrogen (secondary N) is 1. The lowest BCUT2D eigenvalue weighted by Gasteiger charge is -2.29. The molecule has 0 saturated heterocycles. The van der Waals surface area contributed by atoms with Gasteiger partial charge in [-0.3, -0.25) is 4.79 Å². The highest BCUT2D eigenvalue weighted by molar-refractivity contribution is 7.93. The van der Waals surface area contributed by atoms with Crippen LogP contribution in [0.3, 0.4) is 0 Å². The van der Waals surface area contributed by atoms with Gasteiger partial charge in [-0.15, -0.1) is 0 Å². The van der Waals surface area contributed by atoms with E-state index in [0.29, 0.717) is 35.7 Å². The van der Waals surface area contributed by atoms with Crippen LogP contribution in [0.5, 0.6) is 0 Å². The molecule has 1 saturated carbocycles. The third-order valence-corrected chi connectivity index (χ3v) is 8.20. The number of halogens is 2. The average Bonchev–Trinajstić information content (AvgIpc) is 3.14. The minimum absolute atomic E-state index is 0.128. The van der Waals surface area contributed by atoms with Gasteiger partial charge in [0.25, 0.3) is 0 Å². The highest BCUT2D eigenvalue weighted by Gasteiger charge is 2.53. The number of benzene rings is 2. The van der Waals surface area contributed by atoms with Crippen molar-refractivity contribution in [3.8, 4) is 0 Å². The molecule has 0 bridgehead atoms. The van der Waals surface area contributed by atoms with Crippen LogP contribution in [0, 0.1) is 0 Å². The molecule has 0 radical (unpaired) electrons. The summed E-state index contributed by atoms with van der Waals surface area (Å²) in [6.07, 6.45) is 2.04. The van der Waals surface area contributed by atoms with Gasteiger partial charge >= 0.3 is 0 Å². The molecule has 1 unspecified atom stereocenters. The van der Waals surface area contributed by atoms with E-state index in [9.17, 15) is 13.2 Å². The molecule has 1 amide bonds. The van der Waals surface area contributed by atoms with E-state index >= 15 is 0 Å². The van der Waals surface area contributed by atoms with Crippen LogP contribution in [0.15, 0.2) is 53.4 Å². The third-order valence-electron chi connectivity index (χ3n) is 5.18. The number of carbonyl (C=O) groups is 1. The lowest BCUT2D eigenvalue weighted by atomic mass is 10.0. The summed E-state index contributed by atoms with van der Waals surface area (Å²) >= 11 is 11.8. The zero-order valence-electron chi connectivity index (χ0n) is 14.9. The van der Waals surface area contributed by atoms with Gasteiger partial charge in [0.2, 0.25) is 5.91 Å². The monoisotopic (exact) mass is 425 g/mol. The smallest absolute Gasteiger partial charge is 0.242 e. The topological polar surface area (TPSA) is 63.2 Å². The second-order valence-electron chi connectivity index (χ2n) is 6.91. The van der Waals surface area contributed by atoms with Gasteiger partial charge in [0.05, 0.1) is 10.9 Å². The first-order valence-electron chi connectivity index (χ1n) is 8.83. The third kappa shape index (κ3) is 3.86. The first-order valence-corrected chi connectivity index (χ1v) is 11.1. The molecule has 1 N–H and O–H groups in total. The molecule has 0 aromatic heterocycles. The van der Waals surface area contributed by atoms with Crippen molar-refractivity contribution in [3.05, 3.63) is 64.1 Å². The highest BCUT2D eigenvalue weighted by atomic mass is 35.5. The Kier molecular flexibility index (Phi) is 5.84. The van der Waals surface area contributed by atoms with Gasteiger partial charge in [-0.05, 0) is 61.7 Å². The standard InChI is InChI=1S/C20H21Cl2NO3S/c1-14(15-4-6-16(21)7-5-15)23-19(24)20(12-2-3-13-20)27(25,26)18-10-8-17(22)9-11-18/h4-11,14H,2-3,12-13H2,1H3,(H,23,24). The Morgan fingerprint density at radius 3 is 1.96 bits per heavy atom. The lowest BCUT2D eigenvalue weighted by molar-refractivity contribution is -0.124. The number of hydrogen-bond donors (Lipinski definition) is 1. The number of rotatable bonds is 5. The Bertz CT molecular complexity index is 919. The normalized spacial score (nSPS) is 17.4. The van der Waals surface area contributed by atoms with Crippen molar-refractivity contribution >= 4 is 38.9 Å². The van der Waals surface area contributed by atoms with E-state index in [2.05, 4.69) is 5.32 Å². The van der Waals surface area contributed by atoms with E-state index < -0.39 is 20.5 Å². The van der Waals surface area contributed by atoms with E-state index in [0.717, 1.165) is 5.56 Å². The van der Waals surface area contributed by atoms with Crippen molar-refractivity contribution in [2.45, 2.75) is 48.3 Å². The van der Waals surface area contributed by atoms with Crippen LogP contribution in [0.4, 0.5) is 0 Å². The molecule has 4 nitrogen and oxygen atoms in total. The van der Waals surface area contributed by atoms with E-state index in [1.54, 1.807) is 12.1 Å². The molecule has 0 aliphatic heterocycles. The predicted molar refractivity (Wildman–Crippen MR) is 108 cm³/mol. The fourth-order valence-electron chi connectivity index (χ4n) is 3.57. The van der Waals surface area contributed by atoms with Gasteiger partial charge < -0.3 is 5.32 Å². The molecule has 1 aliphatic carbocycles. The first-order chi connectivity index (χ1) is 12.8. The van der Waals surface area contributed by atoms with Crippen LogP contribution < -0.4 is 5.32 Å². The summed E-state index contributed by atoms with van der Waals surface area (Å²) in [5.74, 6) is -0.447. The van der Waals surface area contributed by atoms with E-state index in [1.165, 1.54) is 24.3 Å². The maximum absolute atomic E-state index is 13.4. The molecule has 0 spiro atoms. The number of amides is 1. The van der Waals surface area contributed by atoms with Crippen LogP contribution in [0.25, 0.3) is 0 Å². The van der Waals surface area contributed by atoms with E-state index in [4.69, 9.17) is 23.2 Å². The Labute approximate surface area is 169 Å². The Morgan fingerprint density at radius 2 is 1.44 bits per heavy atom. The molecule has 3 rings (SSSR count). The molecule has 1 aliphatic rings. The van der Waals surface area contributed by atoms with Crippen molar-refractivity contribution in [3.63, 3.8) is 0 Å². The van der Waals surface area contributed by atoms with Crippen molar-refractivity contribution in [1.82, 2.24) is 5.32 Å². The van der Waals surface area contributed by atoms with Gasteiger partial charge in [-0.1, -0.05) is 48.2 Å². The molecular weight excluding hydrogens is 405 g/mol. The second kappa shape index (κ2) is 7.82. The van der Waals surface area contributed by atoms with Crippen molar-refractivity contribution < 1.29 is 13.2 Å². The fraction of sp³-hybridized carbons (Fsp3) is 0.350. The highest BCUT2D eigenvalue weighted by Crippen LogP contribution is 2.41. The molecule has 1 atom stereocenters. The maximum Gasteiger partial charge on any atom is 0.242 e. The predicted octanol–water partition coefficient (Wildman–Crippen LogP) is 4.96. The Morgan fingerprint density at radius 1 is 0.963 bits per heavy atom. The number of carbonyl (C=O) groups excluding carboxylic acids is 1. The molecule has 2 aromatic rings. The summed E-state index contributed by atoms with van der Waals surface area (Å²) in [5.41, 5.74) is 0.866. The maximum atomic E-state index is 13.4. The van der Waals surface area contributed by atoms with Gasteiger partial charge in [0.15, 0.2) is 14.6 Å². The molecule has 0 heterocycles. The summed E-state index contributed by atoms with van der Waals surface area (Å²) in [7, 11) is -3.84.